The number of benzene rings is 1. The summed E-state index contributed by atoms with van der Waals surface area (Å²) in [5, 5.41) is 27.6. The zero-order chi connectivity index (χ0) is 23.3. The highest BCUT2D eigenvalue weighted by molar-refractivity contribution is 7.20. The molecule has 0 aliphatic heterocycles. The van der Waals surface area contributed by atoms with Gasteiger partial charge in [-0.3, -0.25) is 0 Å². The topological polar surface area (TPSA) is 112 Å². The van der Waals surface area contributed by atoms with E-state index in [0.29, 0.717) is 59.4 Å². The fraction of sp³-hybridized carbons (Fsp3) is 0.409. The molecular weight excluding hydrogens is 430 g/mol. The van der Waals surface area contributed by atoms with Crippen LogP contribution in [0.25, 0.3) is 4.85 Å². The summed E-state index contributed by atoms with van der Waals surface area (Å²) in [6.45, 7) is 13.1. The molecule has 0 saturated heterocycles. The summed E-state index contributed by atoms with van der Waals surface area (Å²) in [6, 6.07) is 7.81. The van der Waals surface area contributed by atoms with Crippen LogP contribution in [0.3, 0.4) is 0 Å². The van der Waals surface area contributed by atoms with Gasteiger partial charge in [0.15, 0.2) is 0 Å². The van der Waals surface area contributed by atoms with E-state index < -0.39 is 0 Å². The third kappa shape index (κ3) is 6.94. The van der Waals surface area contributed by atoms with E-state index in [1.807, 2.05) is 25.1 Å². The van der Waals surface area contributed by atoms with E-state index in [-0.39, 0.29) is 19.8 Å². The first-order chi connectivity index (χ1) is 15.5. The number of rotatable bonds is 13. The molecule has 10 heteroatoms. The number of nitrogens with zero attached hydrogens (tertiary/aromatic N) is 5. The van der Waals surface area contributed by atoms with Crippen molar-refractivity contribution < 1.29 is 19.4 Å². The summed E-state index contributed by atoms with van der Waals surface area (Å²) >= 11 is 1.15. The quantitative estimate of drug-likeness (QED) is 0.209. The molecule has 32 heavy (non-hydrogen) atoms. The summed E-state index contributed by atoms with van der Waals surface area (Å²) in [4.78, 5) is 15.9. The molecule has 9 nitrogen and oxygen atoms in total. The second kappa shape index (κ2) is 13.3. The van der Waals surface area contributed by atoms with Crippen LogP contribution in [0.1, 0.15) is 16.7 Å². The van der Waals surface area contributed by atoms with Crippen molar-refractivity contribution in [1.29, 1.82) is 5.26 Å². The molecule has 0 spiro atoms. The van der Waals surface area contributed by atoms with E-state index in [1.165, 1.54) is 0 Å². The Morgan fingerprint density at radius 2 is 2.00 bits per heavy atom. The lowest BCUT2D eigenvalue weighted by atomic mass is 10.1. The molecule has 0 amide bonds. The number of aldehydes is 1. The van der Waals surface area contributed by atoms with Crippen LogP contribution in [0, 0.1) is 31.8 Å². The molecule has 0 unspecified atom stereocenters. The van der Waals surface area contributed by atoms with Gasteiger partial charge in [0.2, 0.25) is 5.00 Å². The normalized spacial score (nSPS) is 10.8. The first kappa shape index (κ1) is 25.1. The summed E-state index contributed by atoms with van der Waals surface area (Å²) in [5.41, 5.74) is 3.48. The van der Waals surface area contributed by atoms with Crippen LogP contribution in [0.4, 0.5) is 21.4 Å². The van der Waals surface area contributed by atoms with Gasteiger partial charge in [0, 0.05) is 18.8 Å². The van der Waals surface area contributed by atoms with Crippen molar-refractivity contribution >= 4 is 39.0 Å². The number of carbonyl (C=O) groups is 1. The van der Waals surface area contributed by atoms with Gasteiger partial charge in [-0.05, 0) is 43.2 Å². The Morgan fingerprint density at radius 1 is 1.25 bits per heavy atom. The maximum atomic E-state index is 10.5. The number of nitriles is 1. The number of carbonyl (C=O) groups excluding carboxylic acids is 1. The Hall–Kier alpha value is -3.15. The summed E-state index contributed by atoms with van der Waals surface area (Å²) < 4.78 is 10.7. The number of anilines is 1. The number of hydrogen-bond acceptors (Lipinski definition) is 9. The van der Waals surface area contributed by atoms with Gasteiger partial charge in [-0.2, -0.15) is 5.26 Å². The predicted octanol–water partition coefficient (Wildman–Crippen LogP) is 4.23. The van der Waals surface area contributed by atoms with Gasteiger partial charge in [0.25, 0.3) is 0 Å². The van der Waals surface area contributed by atoms with Gasteiger partial charge in [-0.1, -0.05) is 0 Å². The highest BCUT2D eigenvalue weighted by atomic mass is 32.1. The highest BCUT2D eigenvalue weighted by Gasteiger charge is 2.14. The molecule has 0 bridgehead atoms. The van der Waals surface area contributed by atoms with E-state index in [4.69, 9.17) is 21.2 Å². The number of thiophene rings is 1. The second-order valence-electron chi connectivity index (χ2n) is 6.67. The molecule has 1 heterocycles. The third-order valence-electron chi connectivity index (χ3n) is 4.54. The van der Waals surface area contributed by atoms with Crippen LogP contribution in [0.2, 0.25) is 0 Å². The summed E-state index contributed by atoms with van der Waals surface area (Å²) in [6.07, 6.45) is 0.715. The molecule has 2 rings (SSSR count). The van der Waals surface area contributed by atoms with Crippen molar-refractivity contribution in [3.8, 4) is 6.07 Å². The van der Waals surface area contributed by atoms with E-state index in [1.54, 1.807) is 6.92 Å². The van der Waals surface area contributed by atoms with Gasteiger partial charge in [-0.15, -0.1) is 21.6 Å². The number of azo groups is 1. The van der Waals surface area contributed by atoms with E-state index in [0.717, 1.165) is 22.6 Å². The maximum absolute atomic E-state index is 10.5. The monoisotopic (exact) mass is 455 g/mol. The van der Waals surface area contributed by atoms with Crippen LogP contribution in [0.15, 0.2) is 28.4 Å². The minimum atomic E-state index is -0.0318. The summed E-state index contributed by atoms with van der Waals surface area (Å²) in [7, 11) is 0. The lowest BCUT2D eigenvalue weighted by Gasteiger charge is -2.25. The average Bonchev–Trinajstić information content (AvgIpc) is 3.11. The Morgan fingerprint density at radius 3 is 2.62 bits per heavy atom. The first-order valence-electron chi connectivity index (χ1n) is 9.94. The number of aryl methyl sites for hydroxylation is 1. The lowest BCUT2D eigenvalue weighted by molar-refractivity contribution is -0.111. The van der Waals surface area contributed by atoms with Crippen molar-refractivity contribution in [1.82, 2.24) is 0 Å². The highest BCUT2D eigenvalue weighted by Crippen LogP contribution is 2.41. The molecule has 0 fully saturated rings. The molecule has 1 N–H and O–H groups in total. The average molecular weight is 456 g/mol. The molecular formula is C22H25N5O4S. The van der Waals surface area contributed by atoms with Crippen LogP contribution < -0.4 is 4.90 Å². The molecule has 2 aromatic rings. The van der Waals surface area contributed by atoms with E-state index in [2.05, 4.69) is 26.0 Å². The molecule has 0 aliphatic rings. The molecule has 0 saturated carbocycles. The van der Waals surface area contributed by atoms with Crippen LogP contribution >= 0.6 is 11.3 Å². The van der Waals surface area contributed by atoms with E-state index in [9.17, 15) is 10.1 Å². The molecule has 1 aromatic carbocycles. The molecule has 0 aliphatic carbocycles. The largest absolute Gasteiger partial charge is 0.394 e. The van der Waals surface area contributed by atoms with Gasteiger partial charge in [-0.25, -0.2) is 4.85 Å². The SMILES string of the molecule is [C-]#[N+]c1sc(N=Nc2ccc(N(CCOCC=O)CCOCCO)cc2C)c(C#N)c1C. The summed E-state index contributed by atoms with van der Waals surface area (Å²) in [5.74, 6) is 0. The minimum Gasteiger partial charge on any atom is -0.394 e. The number of hydrogen-bond donors (Lipinski definition) is 1. The van der Waals surface area contributed by atoms with Crippen LogP contribution in [-0.2, 0) is 14.3 Å². The van der Waals surface area contributed by atoms with Gasteiger partial charge in [0.1, 0.15) is 24.0 Å². The molecule has 0 atom stereocenters. The zero-order valence-electron chi connectivity index (χ0n) is 18.1. The Kier molecular flexibility index (Phi) is 10.4. The van der Waals surface area contributed by atoms with Crippen LogP contribution in [-0.4, -0.2) is 57.5 Å². The Labute approximate surface area is 191 Å². The fourth-order valence-electron chi connectivity index (χ4n) is 2.86. The van der Waals surface area contributed by atoms with E-state index >= 15 is 0 Å². The molecule has 1 aromatic heterocycles. The minimum absolute atomic E-state index is 0.0318. The van der Waals surface area contributed by atoms with Crippen molar-refractivity contribution in [2.45, 2.75) is 13.8 Å². The third-order valence-corrected chi connectivity index (χ3v) is 5.61. The lowest BCUT2D eigenvalue weighted by Crippen LogP contribution is -2.31. The van der Waals surface area contributed by atoms with Gasteiger partial charge in [0.05, 0.1) is 44.3 Å². The first-order valence-corrected chi connectivity index (χ1v) is 10.8. The Bertz CT molecular complexity index is 1020. The second-order valence-corrected chi connectivity index (χ2v) is 7.65. The molecule has 0 radical (unpaired) electrons. The van der Waals surface area contributed by atoms with Crippen molar-refractivity contribution in [3.05, 3.63) is 46.3 Å². The van der Waals surface area contributed by atoms with Gasteiger partial charge < -0.3 is 24.3 Å². The smallest absolute Gasteiger partial charge is 0.247 e. The number of aliphatic hydroxyl groups is 1. The van der Waals surface area contributed by atoms with Gasteiger partial charge >= 0.3 is 0 Å². The number of ether oxygens (including phenoxy) is 2. The molecule has 168 valence electrons. The standard InChI is InChI=1S/C22H25N5O4S/c1-16-14-18(27(6-10-30-12-8-28)7-11-31-13-9-29)4-5-20(16)25-26-22-19(15-23)17(2)21(24-3)32-22/h4-5,8,14,29H,6-7,9-13H2,1-2H3. The number of aliphatic hydroxyl groups excluding tert-OH is 1. The predicted molar refractivity (Wildman–Crippen MR) is 122 cm³/mol. The van der Waals surface area contributed by atoms with Crippen molar-refractivity contribution in [2.75, 3.05) is 51.0 Å². The maximum Gasteiger partial charge on any atom is 0.247 e. The van der Waals surface area contributed by atoms with Crippen molar-refractivity contribution in [3.63, 3.8) is 0 Å². The fourth-order valence-corrected chi connectivity index (χ4v) is 3.73. The van der Waals surface area contributed by atoms with Crippen LogP contribution in [0.5, 0.6) is 0 Å². The Balaban J connectivity index is 2.18. The van der Waals surface area contributed by atoms with Crippen molar-refractivity contribution in [2.24, 2.45) is 10.2 Å². The zero-order valence-corrected chi connectivity index (χ0v) is 18.9.